The highest BCUT2D eigenvalue weighted by molar-refractivity contribution is 5.70. The molecule has 0 saturated heterocycles. The van der Waals surface area contributed by atoms with E-state index >= 15 is 0 Å². The summed E-state index contributed by atoms with van der Waals surface area (Å²) in [5, 5.41) is 12.9. The molecule has 4 nitrogen and oxygen atoms in total. The van der Waals surface area contributed by atoms with E-state index in [9.17, 15) is 4.79 Å². The Morgan fingerprint density at radius 3 is 2.50 bits per heavy atom. The molecule has 0 radical (unpaired) electrons. The summed E-state index contributed by atoms with van der Waals surface area (Å²) in [5.74, 6) is -0.814. The summed E-state index contributed by atoms with van der Waals surface area (Å²) in [5.41, 5.74) is 2.69. The first-order valence-electron chi connectivity index (χ1n) is 4.96. The lowest BCUT2D eigenvalue weighted by molar-refractivity contribution is -0.136. The fraction of sp³-hybridized carbons (Fsp3) is 0.167. The Morgan fingerprint density at radius 2 is 2.00 bits per heavy atom. The second-order valence-electron chi connectivity index (χ2n) is 3.64. The van der Waals surface area contributed by atoms with Gasteiger partial charge in [-0.3, -0.25) is 9.48 Å². The van der Waals surface area contributed by atoms with Gasteiger partial charge < -0.3 is 5.11 Å². The second-order valence-corrected chi connectivity index (χ2v) is 3.64. The van der Waals surface area contributed by atoms with E-state index in [0.717, 1.165) is 16.8 Å². The number of rotatable bonds is 3. The number of carbonyl (C=O) groups is 1. The first-order chi connectivity index (χ1) is 7.65. The topological polar surface area (TPSA) is 55.1 Å². The van der Waals surface area contributed by atoms with Crippen LogP contribution < -0.4 is 0 Å². The third-order valence-electron chi connectivity index (χ3n) is 2.32. The molecule has 4 heteroatoms. The van der Waals surface area contributed by atoms with Gasteiger partial charge in [-0.2, -0.15) is 5.10 Å². The summed E-state index contributed by atoms with van der Waals surface area (Å²) in [4.78, 5) is 10.5. The van der Waals surface area contributed by atoms with Crippen LogP contribution in [0.15, 0.2) is 36.5 Å². The molecule has 0 bridgehead atoms. The van der Waals surface area contributed by atoms with Crippen molar-refractivity contribution in [3.8, 4) is 11.3 Å². The predicted octanol–water partition coefficient (Wildman–Crippen LogP) is 1.71. The van der Waals surface area contributed by atoms with E-state index in [1.54, 1.807) is 4.68 Å². The molecule has 2 aromatic rings. The van der Waals surface area contributed by atoms with Crippen LogP contribution in [-0.2, 0) is 18.3 Å². The van der Waals surface area contributed by atoms with Gasteiger partial charge in [0.2, 0.25) is 0 Å². The van der Waals surface area contributed by atoms with Crippen LogP contribution >= 0.6 is 0 Å². The number of aromatic nitrogens is 2. The summed E-state index contributed by atoms with van der Waals surface area (Å²) in [7, 11) is 1.86. The summed E-state index contributed by atoms with van der Waals surface area (Å²) in [6.07, 6.45) is 1.93. The molecule has 0 unspecified atom stereocenters. The average molecular weight is 216 g/mol. The SMILES string of the molecule is Cn1ccc(-c2ccc(CC(=O)O)cc2)n1. The largest absolute Gasteiger partial charge is 0.481 e. The van der Waals surface area contributed by atoms with Crippen LogP contribution in [0.2, 0.25) is 0 Å². The molecule has 1 aromatic carbocycles. The summed E-state index contributed by atoms with van der Waals surface area (Å²) < 4.78 is 1.74. The van der Waals surface area contributed by atoms with Crippen molar-refractivity contribution in [1.29, 1.82) is 0 Å². The van der Waals surface area contributed by atoms with Crippen molar-refractivity contribution in [3.05, 3.63) is 42.1 Å². The fourth-order valence-corrected chi connectivity index (χ4v) is 1.54. The number of benzene rings is 1. The highest BCUT2D eigenvalue weighted by Crippen LogP contribution is 2.17. The smallest absolute Gasteiger partial charge is 0.307 e. The molecule has 2 rings (SSSR count). The Morgan fingerprint density at radius 1 is 1.31 bits per heavy atom. The summed E-state index contributed by atoms with van der Waals surface area (Å²) >= 11 is 0. The van der Waals surface area contributed by atoms with Gasteiger partial charge in [-0.15, -0.1) is 0 Å². The normalized spacial score (nSPS) is 10.3. The summed E-state index contributed by atoms with van der Waals surface area (Å²) in [6, 6.07) is 9.34. The van der Waals surface area contributed by atoms with Gasteiger partial charge in [0.1, 0.15) is 0 Å². The highest BCUT2D eigenvalue weighted by Gasteiger charge is 2.03. The maximum atomic E-state index is 10.5. The van der Waals surface area contributed by atoms with E-state index in [1.807, 2.05) is 43.6 Å². The number of carboxylic acids is 1. The number of aryl methyl sites for hydroxylation is 1. The zero-order chi connectivity index (χ0) is 11.5. The Labute approximate surface area is 93.1 Å². The standard InChI is InChI=1S/C12H12N2O2/c1-14-7-6-11(13-14)10-4-2-9(3-5-10)8-12(15)16/h2-7H,8H2,1H3,(H,15,16). The molecule has 0 aliphatic heterocycles. The van der Waals surface area contributed by atoms with E-state index in [2.05, 4.69) is 5.10 Å². The maximum absolute atomic E-state index is 10.5. The fourth-order valence-electron chi connectivity index (χ4n) is 1.54. The number of aliphatic carboxylic acids is 1. The first-order valence-corrected chi connectivity index (χ1v) is 4.96. The van der Waals surface area contributed by atoms with Gasteiger partial charge in [0.15, 0.2) is 0 Å². The van der Waals surface area contributed by atoms with Gasteiger partial charge in [-0.05, 0) is 11.6 Å². The van der Waals surface area contributed by atoms with Crippen molar-refractivity contribution in [1.82, 2.24) is 9.78 Å². The zero-order valence-corrected chi connectivity index (χ0v) is 8.92. The molecule has 0 saturated carbocycles. The Kier molecular flexibility index (Phi) is 2.72. The first kappa shape index (κ1) is 10.4. The van der Waals surface area contributed by atoms with Crippen molar-refractivity contribution in [3.63, 3.8) is 0 Å². The van der Waals surface area contributed by atoms with Crippen LogP contribution in [0.25, 0.3) is 11.3 Å². The van der Waals surface area contributed by atoms with Crippen molar-refractivity contribution in [2.45, 2.75) is 6.42 Å². The van der Waals surface area contributed by atoms with Gasteiger partial charge in [0.25, 0.3) is 0 Å². The quantitative estimate of drug-likeness (QED) is 0.849. The maximum Gasteiger partial charge on any atom is 0.307 e. The van der Waals surface area contributed by atoms with Gasteiger partial charge in [-0.25, -0.2) is 0 Å². The lowest BCUT2D eigenvalue weighted by Crippen LogP contribution is -1.99. The van der Waals surface area contributed by atoms with Crippen molar-refractivity contribution in [2.75, 3.05) is 0 Å². The monoisotopic (exact) mass is 216 g/mol. The number of hydrogen-bond acceptors (Lipinski definition) is 2. The molecular formula is C12H12N2O2. The molecule has 1 heterocycles. The minimum Gasteiger partial charge on any atom is -0.481 e. The molecule has 0 aliphatic carbocycles. The molecule has 1 N–H and O–H groups in total. The Balaban J connectivity index is 2.22. The Bertz CT molecular complexity index is 500. The second kappa shape index (κ2) is 4.18. The van der Waals surface area contributed by atoms with E-state index in [-0.39, 0.29) is 6.42 Å². The molecule has 16 heavy (non-hydrogen) atoms. The van der Waals surface area contributed by atoms with Gasteiger partial charge in [0, 0.05) is 18.8 Å². The minimum absolute atomic E-state index is 0.0580. The van der Waals surface area contributed by atoms with Crippen LogP contribution in [0, 0.1) is 0 Å². The van der Waals surface area contributed by atoms with E-state index < -0.39 is 5.97 Å². The van der Waals surface area contributed by atoms with Gasteiger partial charge in [0.05, 0.1) is 12.1 Å². The molecule has 0 fully saturated rings. The molecular weight excluding hydrogens is 204 g/mol. The Hall–Kier alpha value is -2.10. The van der Waals surface area contributed by atoms with Crippen LogP contribution in [-0.4, -0.2) is 20.9 Å². The minimum atomic E-state index is -0.814. The van der Waals surface area contributed by atoms with Crippen LogP contribution in [0.1, 0.15) is 5.56 Å². The summed E-state index contributed by atoms with van der Waals surface area (Å²) in [6.45, 7) is 0. The molecule has 0 spiro atoms. The van der Waals surface area contributed by atoms with Crippen molar-refractivity contribution in [2.24, 2.45) is 7.05 Å². The van der Waals surface area contributed by atoms with Crippen LogP contribution in [0.3, 0.4) is 0 Å². The van der Waals surface area contributed by atoms with Gasteiger partial charge in [-0.1, -0.05) is 24.3 Å². The molecule has 1 aromatic heterocycles. The number of nitrogens with zero attached hydrogens (tertiary/aromatic N) is 2. The van der Waals surface area contributed by atoms with E-state index in [4.69, 9.17) is 5.11 Å². The molecule has 0 amide bonds. The molecule has 0 atom stereocenters. The third-order valence-corrected chi connectivity index (χ3v) is 2.32. The van der Waals surface area contributed by atoms with E-state index in [1.165, 1.54) is 0 Å². The van der Waals surface area contributed by atoms with Gasteiger partial charge >= 0.3 is 5.97 Å². The molecule has 82 valence electrons. The van der Waals surface area contributed by atoms with Crippen LogP contribution in [0.4, 0.5) is 0 Å². The highest BCUT2D eigenvalue weighted by atomic mass is 16.4. The van der Waals surface area contributed by atoms with E-state index in [0.29, 0.717) is 0 Å². The van der Waals surface area contributed by atoms with Crippen LogP contribution in [0.5, 0.6) is 0 Å². The number of hydrogen-bond donors (Lipinski definition) is 1. The molecule has 0 aliphatic rings. The lowest BCUT2D eigenvalue weighted by atomic mass is 10.1. The predicted molar refractivity (Wildman–Crippen MR) is 60.0 cm³/mol. The van der Waals surface area contributed by atoms with Crippen molar-refractivity contribution < 1.29 is 9.90 Å². The van der Waals surface area contributed by atoms with Crippen molar-refractivity contribution >= 4 is 5.97 Å². The number of carboxylic acid groups (broad SMARTS) is 1. The lowest BCUT2D eigenvalue weighted by Gasteiger charge is -1.99. The zero-order valence-electron chi connectivity index (χ0n) is 8.92. The third kappa shape index (κ3) is 2.28. The average Bonchev–Trinajstić information content (AvgIpc) is 2.65.